The molecule has 1 aromatic carbocycles. The molecule has 0 aromatic heterocycles. The first-order chi connectivity index (χ1) is 9.82. The van der Waals surface area contributed by atoms with Crippen LogP contribution in [0.15, 0.2) is 24.3 Å². The maximum atomic E-state index is 11.9. The second-order valence-electron chi connectivity index (χ2n) is 5.37. The first kappa shape index (κ1) is 17.7. The SMILES string of the molecule is CC(C)CC(CO)NS(=O)(=O)CCOc1cccc(N)c1. The number of nitrogen functional groups attached to an aromatic ring is 1. The highest BCUT2D eigenvalue weighted by Crippen LogP contribution is 2.14. The van der Waals surface area contributed by atoms with Crippen molar-refractivity contribution >= 4 is 15.7 Å². The van der Waals surface area contributed by atoms with E-state index >= 15 is 0 Å². The third-order valence-electron chi connectivity index (χ3n) is 2.80. The summed E-state index contributed by atoms with van der Waals surface area (Å²) >= 11 is 0. The van der Waals surface area contributed by atoms with E-state index in [-0.39, 0.29) is 19.0 Å². The summed E-state index contributed by atoms with van der Waals surface area (Å²) in [5.41, 5.74) is 6.17. The Morgan fingerprint density at radius 3 is 2.67 bits per heavy atom. The van der Waals surface area contributed by atoms with Gasteiger partial charge in [-0.05, 0) is 24.5 Å². The van der Waals surface area contributed by atoms with Crippen LogP contribution in [0.3, 0.4) is 0 Å². The highest BCUT2D eigenvalue weighted by molar-refractivity contribution is 7.89. The normalized spacial score (nSPS) is 13.3. The van der Waals surface area contributed by atoms with Crippen molar-refractivity contribution in [3.8, 4) is 5.75 Å². The predicted molar refractivity (Wildman–Crippen MR) is 83.6 cm³/mol. The van der Waals surface area contributed by atoms with Crippen molar-refractivity contribution in [1.29, 1.82) is 0 Å². The molecular weight excluding hydrogens is 292 g/mol. The third-order valence-corrected chi connectivity index (χ3v) is 4.20. The molecule has 120 valence electrons. The smallest absolute Gasteiger partial charge is 0.215 e. The number of anilines is 1. The number of nitrogens with two attached hydrogens (primary N) is 1. The van der Waals surface area contributed by atoms with Gasteiger partial charge in [-0.1, -0.05) is 19.9 Å². The molecule has 0 aliphatic carbocycles. The van der Waals surface area contributed by atoms with E-state index in [0.29, 0.717) is 23.8 Å². The number of hydrogen-bond donors (Lipinski definition) is 3. The standard InChI is InChI=1S/C14H24N2O4S/c1-11(2)8-13(10-17)16-21(18,19)7-6-20-14-5-3-4-12(15)9-14/h3-5,9,11,13,16-17H,6-8,10,15H2,1-2H3. The zero-order chi connectivity index (χ0) is 15.9. The molecule has 0 heterocycles. The number of rotatable bonds is 9. The summed E-state index contributed by atoms with van der Waals surface area (Å²) in [6.45, 7) is 3.76. The first-order valence-electron chi connectivity index (χ1n) is 6.91. The van der Waals surface area contributed by atoms with Gasteiger partial charge >= 0.3 is 0 Å². The Kier molecular flexibility index (Phi) is 6.94. The Bertz CT molecular complexity index is 532. The summed E-state index contributed by atoms with van der Waals surface area (Å²) < 4.78 is 31.7. The quantitative estimate of drug-likeness (QED) is 0.589. The Hall–Kier alpha value is -1.31. The summed E-state index contributed by atoms with van der Waals surface area (Å²) in [6, 6.07) is 6.36. The molecule has 1 atom stereocenters. The minimum atomic E-state index is -3.49. The maximum Gasteiger partial charge on any atom is 0.215 e. The minimum absolute atomic E-state index is 0.0264. The molecule has 1 aromatic rings. The summed E-state index contributed by atoms with van der Waals surface area (Å²) in [4.78, 5) is 0. The fourth-order valence-electron chi connectivity index (χ4n) is 1.92. The van der Waals surface area contributed by atoms with Crippen LogP contribution in [0.2, 0.25) is 0 Å². The monoisotopic (exact) mass is 316 g/mol. The molecule has 0 saturated heterocycles. The molecule has 1 unspecified atom stereocenters. The Morgan fingerprint density at radius 2 is 2.10 bits per heavy atom. The summed E-state index contributed by atoms with van der Waals surface area (Å²) in [7, 11) is -3.49. The number of hydrogen-bond acceptors (Lipinski definition) is 5. The lowest BCUT2D eigenvalue weighted by Crippen LogP contribution is -2.40. The van der Waals surface area contributed by atoms with Crippen LogP contribution < -0.4 is 15.2 Å². The fourth-order valence-corrected chi connectivity index (χ4v) is 3.01. The van der Waals surface area contributed by atoms with Crippen molar-refractivity contribution in [3.63, 3.8) is 0 Å². The topological polar surface area (TPSA) is 102 Å². The van der Waals surface area contributed by atoms with Gasteiger partial charge in [0.05, 0.1) is 12.4 Å². The van der Waals surface area contributed by atoms with Crippen LogP contribution in [-0.2, 0) is 10.0 Å². The molecule has 4 N–H and O–H groups in total. The number of sulfonamides is 1. The summed E-state index contributed by atoms with van der Waals surface area (Å²) in [5, 5.41) is 9.20. The second-order valence-corrected chi connectivity index (χ2v) is 7.24. The van der Waals surface area contributed by atoms with Gasteiger partial charge in [0.25, 0.3) is 0 Å². The second kappa shape index (κ2) is 8.21. The molecule has 0 radical (unpaired) electrons. The summed E-state index contributed by atoms with van der Waals surface area (Å²) in [6.07, 6.45) is 0.589. The van der Waals surface area contributed by atoms with E-state index in [1.165, 1.54) is 0 Å². The van der Waals surface area contributed by atoms with Gasteiger partial charge in [-0.25, -0.2) is 13.1 Å². The molecule has 21 heavy (non-hydrogen) atoms. The molecule has 0 fully saturated rings. The number of aliphatic hydroxyl groups excluding tert-OH is 1. The lowest BCUT2D eigenvalue weighted by atomic mass is 10.1. The van der Waals surface area contributed by atoms with Gasteiger partial charge in [-0.2, -0.15) is 0 Å². The van der Waals surface area contributed by atoms with Gasteiger partial charge in [-0.3, -0.25) is 0 Å². The van der Waals surface area contributed by atoms with Crippen LogP contribution in [0.25, 0.3) is 0 Å². The summed E-state index contributed by atoms with van der Waals surface area (Å²) in [5.74, 6) is 0.663. The van der Waals surface area contributed by atoms with Gasteiger partial charge in [0.15, 0.2) is 0 Å². The van der Waals surface area contributed by atoms with Crippen LogP contribution in [0.4, 0.5) is 5.69 Å². The van der Waals surface area contributed by atoms with E-state index in [1.807, 2.05) is 13.8 Å². The predicted octanol–water partition coefficient (Wildman–Crippen LogP) is 0.974. The zero-order valence-electron chi connectivity index (χ0n) is 12.5. The number of benzene rings is 1. The van der Waals surface area contributed by atoms with Crippen LogP contribution in [0.1, 0.15) is 20.3 Å². The van der Waals surface area contributed by atoms with Gasteiger partial charge in [0.2, 0.25) is 10.0 Å². The van der Waals surface area contributed by atoms with E-state index in [2.05, 4.69) is 4.72 Å². The Labute approximate surface area is 126 Å². The number of nitrogens with one attached hydrogen (secondary N) is 1. The van der Waals surface area contributed by atoms with E-state index < -0.39 is 16.1 Å². The lowest BCUT2D eigenvalue weighted by molar-refractivity contribution is 0.239. The van der Waals surface area contributed by atoms with Crippen LogP contribution in [0, 0.1) is 5.92 Å². The molecule has 0 amide bonds. The van der Waals surface area contributed by atoms with Crippen LogP contribution in [-0.4, -0.2) is 38.5 Å². The molecule has 7 heteroatoms. The molecule has 6 nitrogen and oxygen atoms in total. The van der Waals surface area contributed by atoms with Crippen molar-refractivity contribution < 1.29 is 18.3 Å². The van der Waals surface area contributed by atoms with E-state index in [1.54, 1.807) is 24.3 Å². The van der Waals surface area contributed by atoms with Crippen molar-refractivity contribution in [3.05, 3.63) is 24.3 Å². The maximum absolute atomic E-state index is 11.9. The van der Waals surface area contributed by atoms with Crippen LogP contribution in [0.5, 0.6) is 5.75 Å². The molecule has 0 aliphatic rings. The van der Waals surface area contributed by atoms with Gasteiger partial charge in [0.1, 0.15) is 12.4 Å². The van der Waals surface area contributed by atoms with Gasteiger partial charge in [0, 0.05) is 17.8 Å². The molecular formula is C14H24N2O4S. The van der Waals surface area contributed by atoms with Crippen molar-refractivity contribution in [1.82, 2.24) is 4.72 Å². The average molecular weight is 316 g/mol. The molecule has 0 aliphatic heterocycles. The minimum Gasteiger partial charge on any atom is -0.492 e. The Balaban J connectivity index is 2.45. The van der Waals surface area contributed by atoms with Crippen molar-refractivity contribution in [2.45, 2.75) is 26.3 Å². The fraction of sp³-hybridized carbons (Fsp3) is 0.571. The molecule has 0 bridgehead atoms. The van der Waals surface area contributed by atoms with Gasteiger partial charge < -0.3 is 15.6 Å². The molecule has 0 spiro atoms. The van der Waals surface area contributed by atoms with E-state index in [9.17, 15) is 13.5 Å². The first-order valence-corrected chi connectivity index (χ1v) is 8.57. The Morgan fingerprint density at radius 1 is 1.38 bits per heavy atom. The average Bonchev–Trinajstić information content (AvgIpc) is 2.37. The highest BCUT2D eigenvalue weighted by Gasteiger charge is 2.18. The lowest BCUT2D eigenvalue weighted by Gasteiger charge is -2.18. The largest absolute Gasteiger partial charge is 0.492 e. The molecule has 0 saturated carbocycles. The van der Waals surface area contributed by atoms with Crippen LogP contribution >= 0.6 is 0 Å². The third kappa shape index (κ3) is 7.31. The zero-order valence-corrected chi connectivity index (χ0v) is 13.3. The van der Waals surface area contributed by atoms with Crippen molar-refractivity contribution in [2.75, 3.05) is 24.7 Å². The van der Waals surface area contributed by atoms with E-state index in [0.717, 1.165) is 0 Å². The number of aliphatic hydroxyl groups is 1. The number of ether oxygens (including phenoxy) is 1. The van der Waals surface area contributed by atoms with Gasteiger partial charge in [-0.15, -0.1) is 0 Å². The highest BCUT2D eigenvalue weighted by atomic mass is 32.2. The van der Waals surface area contributed by atoms with E-state index in [4.69, 9.17) is 10.5 Å². The van der Waals surface area contributed by atoms with Crippen molar-refractivity contribution in [2.24, 2.45) is 5.92 Å². The molecule has 1 rings (SSSR count).